The third kappa shape index (κ3) is 4.17. The van der Waals surface area contributed by atoms with Crippen molar-refractivity contribution in [3.05, 3.63) is 96.2 Å². The van der Waals surface area contributed by atoms with Gasteiger partial charge in [0.1, 0.15) is 11.6 Å². The van der Waals surface area contributed by atoms with Crippen LogP contribution < -0.4 is 0 Å². The first-order valence-corrected chi connectivity index (χ1v) is 10.8. The highest BCUT2D eigenvalue weighted by atomic mass is 16.3. The number of hydrogen-bond donors (Lipinski definition) is 0. The SMILES string of the molecule is O=C(/C=C/c1ccco1)N1CCC(n2c(Cc3ccccc3)nc3ccccc32)CC1. The predicted molar refractivity (Wildman–Crippen MR) is 122 cm³/mol. The number of carbonyl (C=O) groups excluding carboxylic acids is 1. The van der Waals surface area contributed by atoms with E-state index in [1.165, 1.54) is 11.1 Å². The fourth-order valence-corrected chi connectivity index (χ4v) is 4.39. The predicted octanol–water partition coefficient (Wildman–Crippen LogP) is 5.10. The molecule has 0 bridgehead atoms. The van der Waals surface area contributed by atoms with Crippen molar-refractivity contribution in [3.8, 4) is 0 Å². The molecule has 1 saturated heterocycles. The summed E-state index contributed by atoms with van der Waals surface area (Å²) in [5.41, 5.74) is 3.47. The van der Waals surface area contributed by atoms with Gasteiger partial charge in [0.2, 0.25) is 5.91 Å². The van der Waals surface area contributed by atoms with E-state index in [2.05, 4.69) is 47.0 Å². The smallest absolute Gasteiger partial charge is 0.246 e. The first-order valence-electron chi connectivity index (χ1n) is 10.8. The van der Waals surface area contributed by atoms with Crippen molar-refractivity contribution in [2.24, 2.45) is 0 Å². The van der Waals surface area contributed by atoms with Gasteiger partial charge in [0.15, 0.2) is 0 Å². The van der Waals surface area contributed by atoms with Crippen LogP contribution in [0.3, 0.4) is 0 Å². The van der Waals surface area contributed by atoms with Gasteiger partial charge >= 0.3 is 0 Å². The maximum Gasteiger partial charge on any atom is 0.246 e. The number of amides is 1. The lowest BCUT2D eigenvalue weighted by Crippen LogP contribution is -2.38. The molecular weight excluding hydrogens is 386 g/mol. The fourth-order valence-electron chi connectivity index (χ4n) is 4.39. The molecule has 2 aromatic heterocycles. The van der Waals surface area contributed by atoms with Crippen LogP contribution in [-0.2, 0) is 11.2 Å². The van der Waals surface area contributed by atoms with E-state index < -0.39 is 0 Å². The molecule has 1 aliphatic heterocycles. The van der Waals surface area contributed by atoms with Crippen LogP contribution in [0, 0.1) is 0 Å². The Morgan fingerprint density at radius 1 is 1.00 bits per heavy atom. The zero-order valence-corrected chi connectivity index (χ0v) is 17.4. The number of piperidine rings is 1. The van der Waals surface area contributed by atoms with E-state index in [1.54, 1.807) is 18.4 Å². The molecule has 0 radical (unpaired) electrons. The molecule has 5 rings (SSSR count). The summed E-state index contributed by atoms with van der Waals surface area (Å²) < 4.78 is 7.68. The molecule has 0 N–H and O–H groups in total. The number of benzene rings is 2. The van der Waals surface area contributed by atoms with Crippen LogP contribution in [0.1, 0.15) is 36.0 Å². The first-order chi connectivity index (χ1) is 15.3. The van der Waals surface area contributed by atoms with Crippen LogP contribution in [0.25, 0.3) is 17.1 Å². The zero-order chi connectivity index (χ0) is 21.0. The van der Waals surface area contributed by atoms with Crippen LogP contribution >= 0.6 is 0 Å². The number of carbonyl (C=O) groups is 1. The van der Waals surface area contributed by atoms with Crippen molar-refractivity contribution in [1.29, 1.82) is 0 Å². The molecule has 2 aromatic carbocycles. The van der Waals surface area contributed by atoms with Crippen molar-refractivity contribution in [2.45, 2.75) is 25.3 Å². The molecule has 156 valence electrons. The third-order valence-electron chi connectivity index (χ3n) is 5.95. The Bertz CT molecular complexity index is 1180. The van der Waals surface area contributed by atoms with Crippen LogP contribution in [0.2, 0.25) is 0 Å². The topological polar surface area (TPSA) is 51.3 Å². The van der Waals surface area contributed by atoms with Crippen LogP contribution in [0.4, 0.5) is 0 Å². The van der Waals surface area contributed by atoms with Gasteiger partial charge in [-0.15, -0.1) is 0 Å². The van der Waals surface area contributed by atoms with Gasteiger partial charge in [-0.1, -0.05) is 42.5 Å². The normalized spacial score (nSPS) is 15.2. The van der Waals surface area contributed by atoms with E-state index in [9.17, 15) is 4.79 Å². The van der Waals surface area contributed by atoms with E-state index in [1.807, 2.05) is 29.2 Å². The highest BCUT2D eigenvalue weighted by Gasteiger charge is 2.26. The van der Waals surface area contributed by atoms with Crippen LogP contribution in [-0.4, -0.2) is 33.4 Å². The Labute approximate surface area is 181 Å². The Hall–Kier alpha value is -3.60. The first kappa shape index (κ1) is 19.4. The van der Waals surface area contributed by atoms with Gasteiger partial charge in [-0.05, 0) is 48.7 Å². The van der Waals surface area contributed by atoms with Crippen molar-refractivity contribution >= 4 is 23.0 Å². The molecule has 0 saturated carbocycles. The number of likely N-dealkylation sites (tertiary alicyclic amines) is 1. The number of hydrogen-bond acceptors (Lipinski definition) is 3. The van der Waals surface area contributed by atoms with E-state index in [4.69, 9.17) is 9.40 Å². The van der Waals surface area contributed by atoms with Crippen molar-refractivity contribution in [3.63, 3.8) is 0 Å². The fraction of sp³-hybridized carbons (Fsp3) is 0.231. The minimum Gasteiger partial charge on any atom is -0.465 e. The lowest BCUT2D eigenvalue weighted by molar-refractivity contribution is -0.127. The number of furan rings is 1. The average molecular weight is 412 g/mol. The zero-order valence-electron chi connectivity index (χ0n) is 17.4. The Morgan fingerprint density at radius 2 is 1.77 bits per heavy atom. The van der Waals surface area contributed by atoms with Crippen molar-refractivity contribution in [2.75, 3.05) is 13.1 Å². The summed E-state index contributed by atoms with van der Waals surface area (Å²) in [5.74, 6) is 1.82. The summed E-state index contributed by atoms with van der Waals surface area (Å²) >= 11 is 0. The van der Waals surface area contributed by atoms with Gasteiger partial charge in [-0.3, -0.25) is 4.79 Å². The van der Waals surface area contributed by atoms with Gasteiger partial charge in [-0.25, -0.2) is 4.98 Å². The van der Waals surface area contributed by atoms with Crippen LogP contribution in [0.15, 0.2) is 83.5 Å². The van der Waals surface area contributed by atoms with Gasteiger partial charge in [-0.2, -0.15) is 0 Å². The van der Waals surface area contributed by atoms with Gasteiger partial charge in [0.05, 0.1) is 17.3 Å². The molecule has 4 aromatic rings. The standard InChI is InChI=1S/C26H25N3O2/c30-26(13-12-22-9-6-18-31-22)28-16-14-21(15-17-28)29-24-11-5-4-10-23(24)27-25(29)19-20-7-2-1-3-8-20/h1-13,18,21H,14-17,19H2/b13-12+. The number of rotatable bonds is 5. The van der Waals surface area contributed by atoms with Crippen molar-refractivity contribution < 1.29 is 9.21 Å². The maximum absolute atomic E-state index is 12.6. The number of para-hydroxylation sites is 2. The largest absolute Gasteiger partial charge is 0.465 e. The second kappa shape index (κ2) is 8.64. The molecule has 1 amide bonds. The van der Waals surface area contributed by atoms with Gasteiger partial charge in [0, 0.05) is 31.6 Å². The summed E-state index contributed by atoms with van der Waals surface area (Å²) in [7, 11) is 0. The molecule has 0 aliphatic carbocycles. The lowest BCUT2D eigenvalue weighted by Gasteiger charge is -2.33. The molecule has 31 heavy (non-hydrogen) atoms. The van der Waals surface area contributed by atoms with Crippen molar-refractivity contribution in [1.82, 2.24) is 14.5 Å². The monoisotopic (exact) mass is 411 g/mol. The summed E-state index contributed by atoms with van der Waals surface area (Å²) in [6.45, 7) is 1.48. The molecule has 0 atom stereocenters. The number of imidazole rings is 1. The van der Waals surface area contributed by atoms with Gasteiger partial charge in [0.25, 0.3) is 0 Å². The van der Waals surface area contributed by atoms with E-state index >= 15 is 0 Å². The number of fused-ring (bicyclic) bond motifs is 1. The van der Waals surface area contributed by atoms with E-state index in [0.29, 0.717) is 11.8 Å². The summed E-state index contributed by atoms with van der Waals surface area (Å²) in [4.78, 5) is 19.5. The minimum atomic E-state index is 0.0369. The average Bonchev–Trinajstić information content (AvgIpc) is 3.46. The van der Waals surface area contributed by atoms with Gasteiger partial charge < -0.3 is 13.9 Å². The summed E-state index contributed by atoms with van der Waals surface area (Å²) in [6, 6.07) is 22.8. The maximum atomic E-state index is 12.6. The molecule has 1 aliphatic rings. The molecule has 5 nitrogen and oxygen atoms in total. The highest BCUT2D eigenvalue weighted by Crippen LogP contribution is 2.30. The third-order valence-corrected chi connectivity index (χ3v) is 5.95. The molecule has 0 unspecified atom stereocenters. The molecule has 1 fully saturated rings. The molecule has 0 spiro atoms. The Balaban J connectivity index is 1.34. The molecule has 5 heteroatoms. The Morgan fingerprint density at radius 3 is 2.55 bits per heavy atom. The number of nitrogens with zero attached hydrogens (tertiary/aromatic N) is 3. The minimum absolute atomic E-state index is 0.0369. The van der Waals surface area contributed by atoms with Crippen LogP contribution in [0.5, 0.6) is 0 Å². The van der Waals surface area contributed by atoms with E-state index in [0.717, 1.165) is 43.7 Å². The lowest BCUT2D eigenvalue weighted by atomic mass is 10.0. The quantitative estimate of drug-likeness (QED) is 0.430. The molecule has 3 heterocycles. The highest BCUT2D eigenvalue weighted by molar-refractivity contribution is 5.91. The Kier molecular flexibility index (Phi) is 5.40. The summed E-state index contributed by atoms with van der Waals surface area (Å²) in [6.07, 6.45) is 7.59. The number of aromatic nitrogens is 2. The molecular formula is C26H25N3O2. The second-order valence-electron chi connectivity index (χ2n) is 7.95. The summed E-state index contributed by atoms with van der Waals surface area (Å²) in [5, 5.41) is 0. The second-order valence-corrected chi connectivity index (χ2v) is 7.95. The van der Waals surface area contributed by atoms with E-state index in [-0.39, 0.29) is 5.91 Å².